The van der Waals surface area contributed by atoms with E-state index >= 15 is 0 Å². The fourth-order valence-corrected chi connectivity index (χ4v) is 3.62. The van der Waals surface area contributed by atoms with E-state index in [9.17, 15) is 9.59 Å². The Morgan fingerprint density at radius 3 is 2.73 bits per heavy atom. The van der Waals surface area contributed by atoms with E-state index in [1.54, 1.807) is 46.1 Å². The molecule has 1 saturated heterocycles. The Balaban J connectivity index is 1.64. The van der Waals surface area contributed by atoms with Crippen molar-refractivity contribution in [1.29, 1.82) is 5.26 Å². The first-order valence-electron chi connectivity index (χ1n) is 9.28. The first kappa shape index (κ1) is 19.7. The molecule has 8 nitrogen and oxygen atoms in total. The molecule has 4 rings (SSSR count). The van der Waals surface area contributed by atoms with E-state index in [4.69, 9.17) is 21.6 Å². The Morgan fingerprint density at radius 2 is 2.07 bits per heavy atom. The summed E-state index contributed by atoms with van der Waals surface area (Å²) in [7, 11) is 0. The molecule has 0 unspecified atom stereocenters. The van der Waals surface area contributed by atoms with Crippen molar-refractivity contribution in [2.45, 2.75) is 13.8 Å². The number of nitriles is 1. The van der Waals surface area contributed by atoms with Gasteiger partial charge in [-0.3, -0.25) is 9.59 Å². The standard InChI is InChI=1S/C21H18ClN5O3/c1-12-16(21(29)26-9-14(8-23)10-26)11-27-20(12)19(5-6-24-27)30-18-4-3-15(7-17(18)22)25-13(2)28/h3-7,11,14H,9-10H2,1-2H3,(H,25,28). The van der Waals surface area contributed by atoms with Gasteiger partial charge in [-0.2, -0.15) is 10.4 Å². The predicted molar refractivity (Wildman–Crippen MR) is 111 cm³/mol. The molecule has 30 heavy (non-hydrogen) atoms. The van der Waals surface area contributed by atoms with Gasteiger partial charge in [0.05, 0.1) is 28.8 Å². The van der Waals surface area contributed by atoms with E-state index in [1.807, 2.05) is 6.92 Å². The number of aromatic nitrogens is 2. The van der Waals surface area contributed by atoms with Crippen LogP contribution in [0.15, 0.2) is 36.7 Å². The molecule has 152 valence electrons. The maximum Gasteiger partial charge on any atom is 0.255 e. The van der Waals surface area contributed by atoms with E-state index in [0.29, 0.717) is 46.4 Å². The number of nitrogens with zero attached hydrogens (tertiary/aromatic N) is 4. The van der Waals surface area contributed by atoms with Crippen molar-refractivity contribution in [1.82, 2.24) is 14.5 Å². The summed E-state index contributed by atoms with van der Waals surface area (Å²) < 4.78 is 7.61. The number of benzene rings is 1. The molecule has 3 heterocycles. The minimum Gasteiger partial charge on any atom is -0.453 e. The zero-order chi connectivity index (χ0) is 21.4. The molecule has 2 amide bonds. The summed E-state index contributed by atoms with van der Waals surface area (Å²) in [6.07, 6.45) is 3.24. The van der Waals surface area contributed by atoms with E-state index < -0.39 is 0 Å². The molecule has 0 atom stereocenters. The van der Waals surface area contributed by atoms with Crippen LogP contribution < -0.4 is 10.1 Å². The molecule has 0 aliphatic carbocycles. The summed E-state index contributed by atoms with van der Waals surface area (Å²) in [6, 6.07) is 8.82. The second kappa shape index (κ2) is 7.69. The van der Waals surface area contributed by atoms with Gasteiger partial charge < -0.3 is 15.0 Å². The van der Waals surface area contributed by atoms with Gasteiger partial charge in [-0.25, -0.2) is 4.52 Å². The normalized spacial score (nSPS) is 13.6. The Labute approximate surface area is 177 Å². The summed E-state index contributed by atoms with van der Waals surface area (Å²) in [5.74, 6) is 0.472. The average molecular weight is 424 g/mol. The van der Waals surface area contributed by atoms with Gasteiger partial charge in [0.15, 0.2) is 5.75 Å². The Morgan fingerprint density at radius 1 is 1.30 bits per heavy atom. The number of likely N-dealkylation sites (tertiary alicyclic amines) is 1. The number of carbonyl (C=O) groups is 2. The number of rotatable bonds is 4. The number of amides is 2. The summed E-state index contributed by atoms with van der Waals surface area (Å²) in [5.41, 5.74) is 2.47. The SMILES string of the molecule is CC(=O)Nc1ccc(Oc2ccnn3cc(C(=O)N4CC(C#N)C4)c(C)c23)c(Cl)c1. The minimum absolute atomic E-state index is 0.106. The third-order valence-corrected chi connectivity index (χ3v) is 5.24. The highest BCUT2D eigenvalue weighted by Crippen LogP contribution is 2.35. The van der Waals surface area contributed by atoms with Crippen molar-refractivity contribution < 1.29 is 14.3 Å². The van der Waals surface area contributed by atoms with E-state index in [2.05, 4.69) is 16.5 Å². The molecule has 0 saturated carbocycles. The maximum absolute atomic E-state index is 12.8. The average Bonchev–Trinajstić information content (AvgIpc) is 3.00. The molecule has 1 fully saturated rings. The molecule has 0 radical (unpaired) electrons. The number of hydrogen-bond donors (Lipinski definition) is 1. The quantitative estimate of drug-likeness (QED) is 0.690. The Hall–Kier alpha value is -3.57. The molecule has 1 N–H and O–H groups in total. The molecular weight excluding hydrogens is 406 g/mol. The van der Waals surface area contributed by atoms with E-state index in [1.165, 1.54) is 6.92 Å². The lowest BCUT2D eigenvalue weighted by Crippen LogP contribution is -2.49. The fourth-order valence-electron chi connectivity index (χ4n) is 3.40. The number of aryl methyl sites for hydroxylation is 1. The van der Waals surface area contributed by atoms with Gasteiger partial charge in [-0.1, -0.05) is 11.6 Å². The van der Waals surface area contributed by atoms with Crippen LogP contribution in [0.4, 0.5) is 5.69 Å². The smallest absolute Gasteiger partial charge is 0.255 e. The van der Waals surface area contributed by atoms with Crippen LogP contribution in [-0.4, -0.2) is 39.4 Å². The van der Waals surface area contributed by atoms with Crippen LogP contribution in [0.3, 0.4) is 0 Å². The number of halogens is 1. The third-order valence-electron chi connectivity index (χ3n) is 4.94. The monoisotopic (exact) mass is 423 g/mol. The van der Waals surface area contributed by atoms with Crippen molar-refractivity contribution in [3.8, 4) is 17.6 Å². The lowest BCUT2D eigenvalue weighted by molar-refractivity contribution is -0.114. The van der Waals surface area contributed by atoms with Crippen LogP contribution in [0.25, 0.3) is 5.52 Å². The predicted octanol–water partition coefficient (Wildman–Crippen LogP) is 3.64. The topological polar surface area (TPSA) is 99.7 Å². The summed E-state index contributed by atoms with van der Waals surface area (Å²) in [4.78, 5) is 25.7. The highest BCUT2D eigenvalue weighted by Gasteiger charge is 2.33. The number of ether oxygens (including phenoxy) is 1. The van der Waals surface area contributed by atoms with E-state index in [0.717, 1.165) is 5.56 Å². The number of fused-ring (bicyclic) bond motifs is 1. The van der Waals surface area contributed by atoms with Gasteiger partial charge in [-0.05, 0) is 30.7 Å². The van der Waals surface area contributed by atoms with Gasteiger partial charge in [0.1, 0.15) is 11.3 Å². The molecular formula is C21H18ClN5O3. The molecule has 0 spiro atoms. The van der Waals surface area contributed by atoms with Crippen molar-refractivity contribution in [2.75, 3.05) is 18.4 Å². The lowest BCUT2D eigenvalue weighted by Gasteiger charge is -2.35. The minimum atomic E-state index is -0.195. The molecule has 1 aromatic carbocycles. The number of nitrogens with one attached hydrogen (secondary N) is 1. The second-order valence-corrected chi connectivity index (χ2v) is 7.53. The van der Waals surface area contributed by atoms with E-state index in [-0.39, 0.29) is 17.7 Å². The Bertz CT molecular complexity index is 1210. The number of carbonyl (C=O) groups excluding carboxylic acids is 2. The van der Waals surface area contributed by atoms with Gasteiger partial charge in [0.25, 0.3) is 5.91 Å². The Kier molecular flexibility index (Phi) is 5.06. The zero-order valence-corrected chi connectivity index (χ0v) is 17.1. The van der Waals surface area contributed by atoms with Crippen molar-refractivity contribution in [3.05, 3.63) is 52.8 Å². The van der Waals surface area contributed by atoms with Gasteiger partial charge >= 0.3 is 0 Å². The highest BCUT2D eigenvalue weighted by atomic mass is 35.5. The second-order valence-electron chi connectivity index (χ2n) is 7.12. The first-order chi connectivity index (χ1) is 14.4. The zero-order valence-electron chi connectivity index (χ0n) is 16.3. The number of hydrogen-bond acceptors (Lipinski definition) is 5. The summed E-state index contributed by atoms with van der Waals surface area (Å²) in [5, 5.41) is 16.2. The number of anilines is 1. The molecule has 9 heteroatoms. The van der Waals surface area contributed by atoms with Crippen molar-refractivity contribution in [2.24, 2.45) is 5.92 Å². The van der Waals surface area contributed by atoms with Crippen LogP contribution >= 0.6 is 11.6 Å². The largest absolute Gasteiger partial charge is 0.453 e. The highest BCUT2D eigenvalue weighted by molar-refractivity contribution is 6.32. The van der Waals surface area contributed by atoms with Crippen LogP contribution in [-0.2, 0) is 4.79 Å². The van der Waals surface area contributed by atoms with Crippen LogP contribution in [0, 0.1) is 24.2 Å². The lowest BCUT2D eigenvalue weighted by atomic mass is 10.0. The van der Waals surface area contributed by atoms with Crippen LogP contribution in [0.1, 0.15) is 22.8 Å². The van der Waals surface area contributed by atoms with Crippen molar-refractivity contribution in [3.63, 3.8) is 0 Å². The van der Waals surface area contributed by atoms with Crippen molar-refractivity contribution >= 4 is 34.6 Å². The summed E-state index contributed by atoms with van der Waals surface area (Å²) in [6.45, 7) is 4.13. The van der Waals surface area contributed by atoms with Gasteiger partial charge in [-0.15, -0.1) is 0 Å². The van der Waals surface area contributed by atoms with Gasteiger partial charge in [0.2, 0.25) is 5.91 Å². The van der Waals surface area contributed by atoms with Gasteiger partial charge in [0, 0.05) is 38.0 Å². The molecule has 0 bridgehead atoms. The third kappa shape index (κ3) is 3.55. The first-order valence-corrected chi connectivity index (χ1v) is 9.66. The fraction of sp³-hybridized carbons (Fsp3) is 0.238. The molecule has 1 aliphatic rings. The molecule has 3 aromatic rings. The van der Waals surface area contributed by atoms with Crippen LogP contribution in [0.2, 0.25) is 5.02 Å². The molecule has 2 aromatic heterocycles. The maximum atomic E-state index is 12.8. The summed E-state index contributed by atoms with van der Waals surface area (Å²) >= 11 is 6.32. The molecule has 1 aliphatic heterocycles. The van der Waals surface area contributed by atoms with Crippen LogP contribution in [0.5, 0.6) is 11.5 Å².